The zero-order valence-electron chi connectivity index (χ0n) is 13.6. The van der Waals surface area contributed by atoms with Gasteiger partial charge in [-0.3, -0.25) is 14.9 Å². The number of ether oxygens (including phenoxy) is 1. The second-order valence-electron chi connectivity index (χ2n) is 5.24. The molecular formula is C17H21NO6. The molecule has 0 fully saturated rings. The van der Waals surface area contributed by atoms with E-state index in [1.807, 2.05) is 0 Å². The number of non-ortho nitro benzene ring substituents is 1. The molecule has 0 aliphatic rings. The topological polar surface area (TPSA) is 107 Å². The summed E-state index contributed by atoms with van der Waals surface area (Å²) in [6.07, 6.45) is 4.31. The van der Waals surface area contributed by atoms with E-state index in [9.17, 15) is 19.7 Å². The average Bonchev–Trinajstić information content (AvgIpc) is 2.55. The Labute approximate surface area is 140 Å². The summed E-state index contributed by atoms with van der Waals surface area (Å²) in [5.41, 5.74) is 0.115. The molecule has 0 amide bonds. The molecular weight excluding hydrogens is 314 g/mol. The third kappa shape index (κ3) is 6.70. The first kappa shape index (κ1) is 19.5. The van der Waals surface area contributed by atoms with Gasteiger partial charge in [0.05, 0.1) is 11.5 Å². The quantitative estimate of drug-likeness (QED) is 0.134. The van der Waals surface area contributed by atoms with Crippen molar-refractivity contribution in [3.05, 3.63) is 45.5 Å². The van der Waals surface area contributed by atoms with Crippen molar-refractivity contribution >= 4 is 23.5 Å². The fourth-order valence-corrected chi connectivity index (χ4v) is 2.01. The van der Waals surface area contributed by atoms with Crippen LogP contribution in [0.4, 0.5) is 5.69 Å². The van der Waals surface area contributed by atoms with E-state index in [4.69, 9.17) is 9.84 Å². The molecule has 0 unspecified atom stereocenters. The molecule has 1 aromatic carbocycles. The fourth-order valence-electron chi connectivity index (χ4n) is 2.01. The second kappa shape index (κ2) is 10.3. The van der Waals surface area contributed by atoms with Gasteiger partial charge in [-0.15, -0.1) is 0 Å². The predicted octanol–water partition coefficient (Wildman–Crippen LogP) is 2.66. The van der Waals surface area contributed by atoms with Gasteiger partial charge in [0.15, 0.2) is 5.78 Å². The van der Waals surface area contributed by atoms with Gasteiger partial charge in [-0.25, -0.2) is 4.79 Å². The van der Waals surface area contributed by atoms with Crippen LogP contribution in [0, 0.1) is 10.1 Å². The molecule has 7 nitrogen and oxygen atoms in total. The number of nitrogens with zero attached hydrogens (tertiary/aromatic N) is 1. The lowest BCUT2D eigenvalue weighted by molar-refractivity contribution is -0.384. The van der Waals surface area contributed by atoms with E-state index in [0.29, 0.717) is 18.4 Å². The molecule has 0 saturated heterocycles. The number of unbranched alkanes of at least 4 members (excludes halogenated alkanes) is 3. The first-order valence-electron chi connectivity index (χ1n) is 7.70. The smallest absolute Gasteiger partial charge is 0.341 e. The summed E-state index contributed by atoms with van der Waals surface area (Å²) in [5.74, 6) is -1.21. The number of hydrogen-bond acceptors (Lipinski definition) is 6. The maximum absolute atomic E-state index is 12.0. The summed E-state index contributed by atoms with van der Waals surface area (Å²) in [6, 6.07) is 5.66. The summed E-state index contributed by atoms with van der Waals surface area (Å²) in [4.78, 5) is 33.9. The van der Waals surface area contributed by atoms with E-state index in [-0.39, 0.29) is 24.5 Å². The largest absolute Gasteiger partial charge is 0.462 e. The Morgan fingerprint density at radius 3 is 2.58 bits per heavy atom. The first-order chi connectivity index (χ1) is 11.5. The summed E-state index contributed by atoms with van der Waals surface area (Å²) in [5, 5.41) is 19.4. The van der Waals surface area contributed by atoms with Crippen LogP contribution in [0.2, 0.25) is 0 Å². The monoisotopic (exact) mass is 335 g/mol. The van der Waals surface area contributed by atoms with E-state index < -0.39 is 16.7 Å². The first-order valence-corrected chi connectivity index (χ1v) is 7.70. The van der Waals surface area contributed by atoms with Crippen LogP contribution >= 0.6 is 0 Å². The van der Waals surface area contributed by atoms with E-state index in [1.54, 1.807) is 6.07 Å². The SMILES string of the molecule is CC(=O)/C(=C\c1cccc([N+](=O)[O-])c1)C(=O)OCCCCCCO. The van der Waals surface area contributed by atoms with Crippen LogP contribution in [0.25, 0.3) is 6.08 Å². The maximum Gasteiger partial charge on any atom is 0.341 e. The minimum absolute atomic E-state index is 0.121. The van der Waals surface area contributed by atoms with Gasteiger partial charge in [-0.2, -0.15) is 0 Å². The molecule has 0 aliphatic heterocycles. The number of ketones is 1. The van der Waals surface area contributed by atoms with Crippen LogP contribution in [-0.4, -0.2) is 35.0 Å². The van der Waals surface area contributed by atoms with E-state index >= 15 is 0 Å². The number of Topliss-reactive ketones (excluding diaryl/α,β-unsaturated/α-hetero) is 1. The van der Waals surface area contributed by atoms with Crippen LogP contribution in [0.1, 0.15) is 38.2 Å². The Balaban J connectivity index is 2.72. The van der Waals surface area contributed by atoms with Gasteiger partial charge < -0.3 is 9.84 Å². The molecule has 0 aromatic heterocycles. The maximum atomic E-state index is 12.0. The lowest BCUT2D eigenvalue weighted by atomic mass is 10.1. The van der Waals surface area contributed by atoms with Crippen molar-refractivity contribution in [3.63, 3.8) is 0 Å². The van der Waals surface area contributed by atoms with Gasteiger partial charge in [0.1, 0.15) is 5.57 Å². The molecule has 130 valence electrons. The molecule has 0 aliphatic carbocycles. The predicted molar refractivity (Wildman–Crippen MR) is 88.3 cm³/mol. The van der Waals surface area contributed by atoms with E-state index in [1.165, 1.54) is 31.2 Å². The summed E-state index contributed by atoms with van der Waals surface area (Å²) in [7, 11) is 0. The Morgan fingerprint density at radius 2 is 1.96 bits per heavy atom. The van der Waals surface area contributed by atoms with Crippen LogP contribution in [0.15, 0.2) is 29.8 Å². The normalized spacial score (nSPS) is 11.2. The zero-order chi connectivity index (χ0) is 17.9. The summed E-state index contributed by atoms with van der Waals surface area (Å²) in [6.45, 7) is 1.57. The highest BCUT2D eigenvalue weighted by atomic mass is 16.6. The van der Waals surface area contributed by atoms with E-state index in [2.05, 4.69) is 0 Å². The standard InChI is InChI=1S/C17H21NO6/c1-13(20)16(17(21)24-10-5-3-2-4-9-19)12-14-7-6-8-15(11-14)18(22)23/h6-8,11-12,19H,2-5,9-10H2,1H3/b16-12+. The lowest BCUT2D eigenvalue weighted by Crippen LogP contribution is -2.14. The number of carbonyl (C=O) groups is 2. The highest BCUT2D eigenvalue weighted by Crippen LogP contribution is 2.16. The van der Waals surface area contributed by atoms with Gasteiger partial charge >= 0.3 is 5.97 Å². The Hall–Kier alpha value is -2.54. The Kier molecular flexibility index (Phi) is 8.35. The van der Waals surface area contributed by atoms with Crippen molar-refractivity contribution < 1.29 is 24.4 Å². The molecule has 1 rings (SSSR count). The van der Waals surface area contributed by atoms with Gasteiger partial charge in [-0.1, -0.05) is 18.6 Å². The van der Waals surface area contributed by atoms with Gasteiger partial charge in [0.2, 0.25) is 0 Å². The average molecular weight is 335 g/mol. The van der Waals surface area contributed by atoms with Crippen LogP contribution < -0.4 is 0 Å². The number of aliphatic hydroxyl groups excluding tert-OH is 1. The number of nitro groups is 1. The molecule has 0 saturated carbocycles. The lowest BCUT2D eigenvalue weighted by Gasteiger charge is -2.06. The molecule has 0 bridgehead atoms. The number of carbonyl (C=O) groups excluding carboxylic acids is 2. The van der Waals surface area contributed by atoms with Gasteiger partial charge in [0, 0.05) is 18.7 Å². The molecule has 1 N–H and O–H groups in total. The second-order valence-corrected chi connectivity index (χ2v) is 5.24. The molecule has 0 atom stereocenters. The summed E-state index contributed by atoms with van der Waals surface area (Å²) < 4.78 is 5.07. The number of benzene rings is 1. The number of aliphatic hydroxyl groups is 1. The Bertz CT molecular complexity index is 623. The van der Waals surface area contributed by atoms with Gasteiger partial charge in [-0.05, 0) is 37.8 Å². The Morgan fingerprint density at radius 1 is 1.25 bits per heavy atom. The molecule has 0 spiro atoms. The minimum Gasteiger partial charge on any atom is -0.462 e. The molecule has 7 heteroatoms. The molecule has 0 heterocycles. The van der Waals surface area contributed by atoms with Gasteiger partial charge in [0.25, 0.3) is 5.69 Å². The van der Waals surface area contributed by atoms with Crippen molar-refractivity contribution in [1.29, 1.82) is 0 Å². The third-order valence-electron chi connectivity index (χ3n) is 3.28. The third-order valence-corrected chi connectivity index (χ3v) is 3.28. The number of esters is 1. The number of hydrogen-bond donors (Lipinski definition) is 1. The number of nitro benzene ring substituents is 1. The van der Waals surface area contributed by atoms with Crippen molar-refractivity contribution in [1.82, 2.24) is 0 Å². The van der Waals surface area contributed by atoms with Crippen molar-refractivity contribution in [2.75, 3.05) is 13.2 Å². The molecule has 24 heavy (non-hydrogen) atoms. The fraction of sp³-hybridized carbons (Fsp3) is 0.412. The zero-order valence-corrected chi connectivity index (χ0v) is 13.6. The van der Waals surface area contributed by atoms with Crippen molar-refractivity contribution in [3.8, 4) is 0 Å². The molecule has 1 aromatic rings. The number of rotatable bonds is 10. The molecule has 0 radical (unpaired) electrons. The van der Waals surface area contributed by atoms with Crippen LogP contribution in [0.3, 0.4) is 0 Å². The van der Waals surface area contributed by atoms with Crippen molar-refractivity contribution in [2.24, 2.45) is 0 Å². The van der Waals surface area contributed by atoms with Crippen LogP contribution in [-0.2, 0) is 14.3 Å². The highest BCUT2D eigenvalue weighted by molar-refractivity contribution is 6.19. The van der Waals surface area contributed by atoms with E-state index in [0.717, 1.165) is 12.8 Å². The minimum atomic E-state index is -0.740. The highest BCUT2D eigenvalue weighted by Gasteiger charge is 2.16. The van der Waals surface area contributed by atoms with Crippen LogP contribution in [0.5, 0.6) is 0 Å². The van der Waals surface area contributed by atoms with Crippen molar-refractivity contribution in [2.45, 2.75) is 32.6 Å². The summed E-state index contributed by atoms with van der Waals surface area (Å²) >= 11 is 0.